The maximum atomic E-state index is 13.1. The molecule has 0 spiro atoms. The van der Waals surface area contributed by atoms with Gasteiger partial charge in [-0.05, 0) is 87.5 Å². The first-order chi connectivity index (χ1) is 17.9. The first-order valence-electron chi connectivity index (χ1n) is 13.6. The van der Waals surface area contributed by atoms with Crippen molar-refractivity contribution in [3.8, 4) is 0 Å². The number of aromatic nitrogens is 2. The highest BCUT2D eigenvalue weighted by atomic mass is 32.2. The fourth-order valence-electron chi connectivity index (χ4n) is 4.57. The Morgan fingerprint density at radius 3 is 2.31 bits per heavy atom. The number of amides is 2. The summed E-state index contributed by atoms with van der Waals surface area (Å²) in [6.07, 6.45) is 5.70. The minimum absolute atomic E-state index is 0.101. The monoisotopic (exact) mass is 566 g/mol. The molecule has 39 heavy (non-hydrogen) atoms. The fourth-order valence-corrected chi connectivity index (χ4v) is 5.73. The van der Waals surface area contributed by atoms with E-state index in [1.165, 1.54) is 12.4 Å². The number of hydrogen-bond acceptors (Lipinski definition) is 9. The molecule has 1 aromatic rings. The van der Waals surface area contributed by atoms with Gasteiger partial charge in [-0.3, -0.25) is 4.79 Å². The van der Waals surface area contributed by atoms with Gasteiger partial charge in [0.05, 0.1) is 17.0 Å². The zero-order valence-corrected chi connectivity index (χ0v) is 25.3. The Morgan fingerprint density at radius 2 is 1.74 bits per heavy atom. The van der Waals surface area contributed by atoms with Crippen LogP contribution in [0.3, 0.4) is 0 Å². The number of alkyl carbamates (subject to hydrolysis) is 1. The van der Waals surface area contributed by atoms with Crippen LogP contribution in [0.15, 0.2) is 17.6 Å². The molecule has 218 valence electrons. The Morgan fingerprint density at radius 1 is 1.15 bits per heavy atom. The summed E-state index contributed by atoms with van der Waals surface area (Å²) >= 11 is 0. The number of carbonyl (C=O) groups excluding carboxylic acids is 2. The van der Waals surface area contributed by atoms with E-state index < -0.39 is 45.9 Å². The summed E-state index contributed by atoms with van der Waals surface area (Å²) in [4.78, 5) is 35.2. The molecule has 2 amide bonds. The number of rotatable bonds is 8. The van der Waals surface area contributed by atoms with Crippen LogP contribution in [0.1, 0.15) is 87.5 Å². The molecule has 3 rings (SSSR count). The van der Waals surface area contributed by atoms with Gasteiger partial charge in [0.2, 0.25) is 20.9 Å². The minimum Gasteiger partial charge on any atom is -0.444 e. The number of nitrogens with zero attached hydrogens (tertiary/aromatic N) is 3. The van der Waals surface area contributed by atoms with Crippen molar-refractivity contribution in [3.63, 3.8) is 0 Å². The molecule has 2 saturated heterocycles. The van der Waals surface area contributed by atoms with Gasteiger partial charge in [0.1, 0.15) is 11.6 Å². The SMILES string of the molecule is C[C@H](NC(=O)OC(C)(C)C)C(=O)N1CCCC[C@H]1CCCS(=O)(=O)c1ncc(B2OC(C)(C)C(C)(C)O2)cn1. The highest BCUT2D eigenvalue weighted by Gasteiger charge is 2.52. The Balaban J connectivity index is 1.56. The van der Waals surface area contributed by atoms with Gasteiger partial charge < -0.3 is 24.3 Å². The summed E-state index contributed by atoms with van der Waals surface area (Å²) in [6, 6.07) is -0.851. The number of piperidine rings is 1. The van der Waals surface area contributed by atoms with Crippen LogP contribution in [-0.2, 0) is 28.7 Å². The van der Waals surface area contributed by atoms with Crippen LogP contribution in [0, 0.1) is 0 Å². The molecule has 0 radical (unpaired) electrons. The normalized spacial score (nSPS) is 21.9. The standard InChI is InChI=1S/C26H43BN4O7S/c1-18(30-23(33)36-24(2,3)4)21(32)31-14-10-9-12-20(31)13-11-15-39(34,35)22-28-16-19(17-29-22)27-37-25(5,6)26(7,8)38-27/h16-18,20H,9-15H2,1-8H3,(H,30,33)/t18-,20-/m0/s1. The summed E-state index contributed by atoms with van der Waals surface area (Å²) in [7, 11) is -4.39. The van der Waals surface area contributed by atoms with Crippen LogP contribution in [-0.4, -0.2) is 83.6 Å². The summed E-state index contributed by atoms with van der Waals surface area (Å²) in [5.74, 6) is -0.331. The van der Waals surface area contributed by atoms with Gasteiger partial charge in [0.25, 0.3) is 0 Å². The van der Waals surface area contributed by atoms with Crippen molar-refractivity contribution in [1.29, 1.82) is 0 Å². The van der Waals surface area contributed by atoms with E-state index in [0.717, 1.165) is 19.3 Å². The van der Waals surface area contributed by atoms with Crippen LogP contribution < -0.4 is 10.8 Å². The van der Waals surface area contributed by atoms with E-state index in [4.69, 9.17) is 14.0 Å². The zero-order chi connectivity index (χ0) is 29.2. The van der Waals surface area contributed by atoms with Gasteiger partial charge in [-0.1, -0.05) is 0 Å². The van der Waals surface area contributed by atoms with Gasteiger partial charge in [-0.15, -0.1) is 0 Å². The topological polar surface area (TPSA) is 137 Å². The quantitative estimate of drug-likeness (QED) is 0.372. The fraction of sp³-hybridized carbons (Fsp3) is 0.769. The third-order valence-electron chi connectivity index (χ3n) is 7.42. The van der Waals surface area contributed by atoms with Crippen molar-refractivity contribution < 1.29 is 32.1 Å². The Kier molecular flexibility index (Phi) is 9.39. The molecule has 13 heteroatoms. The first kappa shape index (κ1) is 31.3. The first-order valence-corrected chi connectivity index (χ1v) is 15.3. The van der Waals surface area contributed by atoms with Gasteiger partial charge in [-0.25, -0.2) is 23.2 Å². The second-order valence-electron chi connectivity index (χ2n) is 12.4. The average Bonchev–Trinajstić information content (AvgIpc) is 3.04. The van der Waals surface area contributed by atoms with Crippen molar-refractivity contribution in [2.45, 2.75) is 122 Å². The van der Waals surface area contributed by atoms with E-state index in [9.17, 15) is 18.0 Å². The van der Waals surface area contributed by atoms with E-state index >= 15 is 0 Å². The van der Waals surface area contributed by atoms with Crippen molar-refractivity contribution >= 4 is 34.4 Å². The van der Waals surface area contributed by atoms with Crippen LogP contribution >= 0.6 is 0 Å². The van der Waals surface area contributed by atoms with E-state index in [0.29, 0.717) is 24.8 Å². The maximum Gasteiger partial charge on any atom is 0.498 e. The molecular weight excluding hydrogens is 523 g/mol. The molecule has 11 nitrogen and oxygen atoms in total. The van der Waals surface area contributed by atoms with Crippen molar-refractivity contribution in [2.24, 2.45) is 0 Å². The highest BCUT2D eigenvalue weighted by molar-refractivity contribution is 7.91. The molecule has 0 bridgehead atoms. The molecule has 2 atom stereocenters. The molecular formula is C26H43BN4O7S. The van der Waals surface area contributed by atoms with E-state index in [1.807, 2.05) is 27.7 Å². The predicted molar refractivity (Wildman–Crippen MR) is 147 cm³/mol. The number of carbonyl (C=O) groups is 2. The van der Waals surface area contributed by atoms with Crippen LogP contribution in [0.2, 0.25) is 0 Å². The molecule has 2 aliphatic heterocycles. The third-order valence-corrected chi connectivity index (χ3v) is 9.01. The molecule has 0 aromatic carbocycles. The Hall–Kier alpha value is -2.25. The van der Waals surface area contributed by atoms with Crippen molar-refractivity contribution in [2.75, 3.05) is 12.3 Å². The highest BCUT2D eigenvalue weighted by Crippen LogP contribution is 2.36. The lowest BCUT2D eigenvalue weighted by atomic mass is 9.81. The third kappa shape index (κ3) is 7.91. The van der Waals surface area contributed by atoms with Gasteiger partial charge >= 0.3 is 13.2 Å². The van der Waals surface area contributed by atoms with Gasteiger partial charge in [0.15, 0.2) is 0 Å². The number of ether oxygens (including phenoxy) is 1. The van der Waals surface area contributed by atoms with Gasteiger partial charge in [0, 0.05) is 30.4 Å². The van der Waals surface area contributed by atoms with E-state index in [-0.39, 0.29) is 22.9 Å². The number of sulfone groups is 1. The van der Waals surface area contributed by atoms with E-state index in [2.05, 4.69) is 15.3 Å². The number of likely N-dealkylation sites (tertiary alicyclic amines) is 1. The minimum atomic E-state index is -3.72. The predicted octanol–water partition coefficient (Wildman–Crippen LogP) is 2.62. The maximum absolute atomic E-state index is 13.1. The Bertz CT molecular complexity index is 1120. The molecule has 1 aromatic heterocycles. The van der Waals surface area contributed by atoms with Crippen molar-refractivity contribution in [1.82, 2.24) is 20.2 Å². The summed E-state index contributed by atoms with van der Waals surface area (Å²) < 4.78 is 43.1. The molecule has 0 unspecified atom stereocenters. The average molecular weight is 567 g/mol. The molecule has 1 N–H and O–H groups in total. The largest absolute Gasteiger partial charge is 0.498 e. The number of nitrogens with one attached hydrogen (secondary N) is 1. The zero-order valence-electron chi connectivity index (χ0n) is 24.4. The summed E-state index contributed by atoms with van der Waals surface area (Å²) in [5.41, 5.74) is -1.17. The second-order valence-corrected chi connectivity index (χ2v) is 14.4. The molecule has 2 aliphatic rings. The number of hydrogen-bond donors (Lipinski definition) is 1. The Labute approximate surface area is 232 Å². The van der Waals surface area contributed by atoms with Crippen LogP contribution in [0.4, 0.5) is 4.79 Å². The summed E-state index contributed by atoms with van der Waals surface area (Å²) in [5, 5.41) is 2.37. The summed E-state index contributed by atoms with van der Waals surface area (Å²) in [6.45, 7) is 15.2. The smallest absolute Gasteiger partial charge is 0.444 e. The second kappa shape index (κ2) is 11.7. The van der Waals surface area contributed by atoms with E-state index in [1.54, 1.807) is 32.6 Å². The molecule has 0 aliphatic carbocycles. The molecule has 3 heterocycles. The van der Waals surface area contributed by atoms with Gasteiger partial charge in [-0.2, -0.15) is 0 Å². The van der Waals surface area contributed by atoms with Crippen LogP contribution in [0.5, 0.6) is 0 Å². The molecule has 2 fully saturated rings. The van der Waals surface area contributed by atoms with Crippen molar-refractivity contribution in [3.05, 3.63) is 12.4 Å². The molecule has 0 saturated carbocycles. The van der Waals surface area contributed by atoms with Crippen LogP contribution in [0.25, 0.3) is 0 Å². The lowest BCUT2D eigenvalue weighted by Crippen LogP contribution is -2.52. The lowest BCUT2D eigenvalue weighted by molar-refractivity contribution is -0.136. The lowest BCUT2D eigenvalue weighted by Gasteiger charge is -2.37.